The fourth-order valence-electron chi connectivity index (χ4n) is 4.13. The van der Waals surface area contributed by atoms with Gasteiger partial charge in [-0.1, -0.05) is 35.5 Å². The van der Waals surface area contributed by atoms with Crippen molar-refractivity contribution in [3.8, 4) is 0 Å². The molecule has 0 unspecified atom stereocenters. The summed E-state index contributed by atoms with van der Waals surface area (Å²) in [6.07, 6.45) is 2.97. The lowest BCUT2D eigenvalue weighted by atomic mass is 9.98. The third kappa shape index (κ3) is 3.81. The summed E-state index contributed by atoms with van der Waals surface area (Å²) in [7, 11) is -3.51. The van der Waals surface area contributed by atoms with Crippen molar-refractivity contribution in [2.24, 2.45) is 5.92 Å². The molecule has 1 saturated heterocycles. The largest absolute Gasteiger partial charge is 0.360 e. The molecule has 7 heteroatoms. The number of nitrogens with one attached hydrogen (secondary N) is 1. The van der Waals surface area contributed by atoms with Gasteiger partial charge in [-0.2, -0.15) is 4.31 Å². The van der Waals surface area contributed by atoms with Gasteiger partial charge in [0.15, 0.2) is 5.76 Å². The summed E-state index contributed by atoms with van der Waals surface area (Å²) in [5, 5.41) is 7.47. The van der Waals surface area contributed by atoms with Gasteiger partial charge in [-0.3, -0.25) is 0 Å². The quantitative estimate of drug-likeness (QED) is 0.822. The molecular formula is C20H27N3O3S. The van der Waals surface area contributed by atoms with Crippen LogP contribution in [-0.4, -0.2) is 43.6 Å². The van der Waals surface area contributed by atoms with Crippen LogP contribution >= 0.6 is 0 Å². The summed E-state index contributed by atoms with van der Waals surface area (Å²) in [6, 6.07) is 11.2. The van der Waals surface area contributed by atoms with E-state index in [0.29, 0.717) is 42.4 Å². The van der Waals surface area contributed by atoms with E-state index >= 15 is 0 Å². The van der Waals surface area contributed by atoms with Crippen molar-refractivity contribution < 1.29 is 12.9 Å². The summed E-state index contributed by atoms with van der Waals surface area (Å²) in [6.45, 7) is 5.42. The van der Waals surface area contributed by atoms with Crippen molar-refractivity contribution in [2.45, 2.75) is 50.0 Å². The number of sulfonamides is 1. The first-order valence-electron chi connectivity index (χ1n) is 9.68. The molecule has 1 N–H and O–H groups in total. The predicted molar refractivity (Wildman–Crippen MR) is 103 cm³/mol. The molecular weight excluding hydrogens is 362 g/mol. The summed E-state index contributed by atoms with van der Waals surface area (Å²) in [5.74, 6) is 1.53. The van der Waals surface area contributed by atoms with E-state index in [1.807, 2.05) is 0 Å². The number of aromatic nitrogens is 1. The van der Waals surface area contributed by atoms with Crippen LogP contribution in [0.25, 0.3) is 0 Å². The molecule has 0 amide bonds. The molecule has 2 aromatic rings. The molecule has 27 heavy (non-hydrogen) atoms. The van der Waals surface area contributed by atoms with E-state index in [0.717, 1.165) is 19.4 Å². The molecule has 2 atom stereocenters. The number of rotatable bonds is 6. The third-order valence-corrected chi connectivity index (χ3v) is 7.97. The van der Waals surface area contributed by atoms with Gasteiger partial charge in [-0.25, -0.2) is 8.42 Å². The van der Waals surface area contributed by atoms with Crippen molar-refractivity contribution in [1.82, 2.24) is 14.8 Å². The Balaban J connectivity index is 1.27. The molecule has 0 bridgehead atoms. The van der Waals surface area contributed by atoms with Crippen LogP contribution in [-0.2, 0) is 10.0 Å². The SMILES string of the molecule is Cc1noc(C)c1S(=O)(=O)N1CCC(CN[C@@H]2C[C@H]2c2ccccc2)CC1. The van der Waals surface area contributed by atoms with Gasteiger partial charge >= 0.3 is 0 Å². The second-order valence-corrected chi connectivity index (χ2v) is 9.64. The Bertz CT molecular complexity index is 867. The van der Waals surface area contributed by atoms with Gasteiger partial charge in [0, 0.05) is 25.0 Å². The van der Waals surface area contributed by atoms with Crippen LogP contribution in [0.4, 0.5) is 0 Å². The first-order valence-corrected chi connectivity index (χ1v) is 11.1. The van der Waals surface area contributed by atoms with Crippen LogP contribution in [0.15, 0.2) is 39.8 Å². The average Bonchev–Trinajstić information content (AvgIpc) is 3.37. The van der Waals surface area contributed by atoms with E-state index < -0.39 is 10.0 Å². The summed E-state index contributed by atoms with van der Waals surface area (Å²) in [5.41, 5.74) is 1.85. The fraction of sp³-hybridized carbons (Fsp3) is 0.550. The Labute approximate surface area is 161 Å². The van der Waals surface area contributed by atoms with E-state index in [1.165, 1.54) is 12.0 Å². The van der Waals surface area contributed by atoms with E-state index in [9.17, 15) is 8.42 Å². The molecule has 1 aliphatic carbocycles. The van der Waals surface area contributed by atoms with Crippen LogP contribution < -0.4 is 5.32 Å². The second-order valence-electron chi connectivity index (χ2n) is 7.77. The molecule has 1 aliphatic heterocycles. The van der Waals surface area contributed by atoms with Crippen LogP contribution in [0.1, 0.15) is 42.2 Å². The normalized spacial score (nSPS) is 24.2. The standard InChI is InChI=1S/C20H27N3O3S/c1-14-20(15(2)26-22-14)27(24,25)23-10-8-16(9-11-23)13-21-19-12-18(19)17-6-4-3-5-7-17/h3-7,16,18-19,21H,8-13H2,1-2H3/t18-,19+/m0/s1. The number of benzene rings is 1. The fourth-order valence-corrected chi connectivity index (χ4v) is 5.89. The maximum Gasteiger partial charge on any atom is 0.248 e. The highest BCUT2D eigenvalue weighted by Gasteiger charge is 2.39. The van der Waals surface area contributed by atoms with Gasteiger partial charge in [0.05, 0.1) is 0 Å². The van der Waals surface area contributed by atoms with Crippen molar-refractivity contribution in [1.29, 1.82) is 0 Å². The number of aryl methyl sites for hydroxylation is 2. The Hall–Kier alpha value is -1.70. The van der Waals surface area contributed by atoms with Gasteiger partial charge in [-0.15, -0.1) is 0 Å². The summed E-state index contributed by atoms with van der Waals surface area (Å²) >= 11 is 0. The first kappa shape index (κ1) is 18.7. The number of hydrogen-bond donors (Lipinski definition) is 1. The monoisotopic (exact) mass is 389 g/mol. The maximum absolute atomic E-state index is 12.9. The van der Waals surface area contributed by atoms with E-state index in [2.05, 4.69) is 40.8 Å². The van der Waals surface area contributed by atoms with E-state index in [1.54, 1.807) is 18.2 Å². The van der Waals surface area contributed by atoms with Crippen LogP contribution in [0.5, 0.6) is 0 Å². The van der Waals surface area contributed by atoms with E-state index in [4.69, 9.17) is 4.52 Å². The Morgan fingerprint density at radius 1 is 1.19 bits per heavy atom. The number of hydrogen-bond acceptors (Lipinski definition) is 5. The summed E-state index contributed by atoms with van der Waals surface area (Å²) < 4.78 is 32.4. The molecule has 0 radical (unpaired) electrons. The minimum atomic E-state index is -3.51. The van der Waals surface area contributed by atoms with Crippen LogP contribution in [0.2, 0.25) is 0 Å². The van der Waals surface area contributed by atoms with Gasteiger partial charge < -0.3 is 9.84 Å². The highest BCUT2D eigenvalue weighted by molar-refractivity contribution is 7.89. The zero-order valence-electron chi connectivity index (χ0n) is 15.9. The molecule has 6 nitrogen and oxygen atoms in total. The lowest BCUT2D eigenvalue weighted by Gasteiger charge is -2.31. The average molecular weight is 390 g/mol. The molecule has 4 rings (SSSR count). The van der Waals surface area contributed by atoms with Crippen LogP contribution in [0.3, 0.4) is 0 Å². The highest BCUT2D eigenvalue weighted by Crippen LogP contribution is 2.40. The number of nitrogens with zero attached hydrogens (tertiary/aromatic N) is 2. The maximum atomic E-state index is 12.9. The minimum Gasteiger partial charge on any atom is -0.360 e. The zero-order valence-corrected chi connectivity index (χ0v) is 16.7. The molecule has 0 spiro atoms. The van der Waals surface area contributed by atoms with E-state index in [-0.39, 0.29) is 4.90 Å². The molecule has 146 valence electrons. The number of piperidine rings is 1. The molecule has 1 aromatic carbocycles. The second kappa shape index (κ2) is 7.37. The molecule has 1 saturated carbocycles. The van der Waals surface area contributed by atoms with Gasteiger partial charge in [-0.05, 0) is 51.1 Å². The lowest BCUT2D eigenvalue weighted by Crippen LogP contribution is -2.41. The van der Waals surface area contributed by atoms with Gasteiger partial charge in [0.2, 0.25) is 10.0 Å². The highest BCUT2D eigenvalue weighted by atomic mass is 32.2. The molecule has 2 fully saturated rings. The van der Waals surface area contributed by atoms with Crippen molar-refractivity contribution >= 4 is 10.0 Å². The van der Waals surface area contributed by atoms with Crippen molar-refractivity contribution in [3.05, 3.63) is 47.3 Å². The third-order valence-electron chi connectivity index (χ3n) is 5.83. The Morgan fingerprint density at radius 2 is 1.89 bits per heavy atom. The predicted octanol–water partition coefficient (Wildman–Crippen LogP) is 2.84. The van der Waals surface area contributed by atoms with Crippen LogP contribution in [0, 0.1) is 19.8 Å². The zero-order chi connectivity index (χ0) is 19.0. The molecule has 2 aliphatic rings. The minimum absolute atomic E-state index is 0.239. The first-order chi connectivity index (χ1) is 13.0. The summed E-state index contributed by atoms with van der Waals surface area (Å²) in [4.78, 5) is 0.239. The van der Waals surface area contributed by atoms with Crippen molar-refractivity contribution in [3.63, 3.8) is 0 Å². The Morgan fingerprint density at radius 3 is 2.52 bits per heavy atom. The van der Waals surface area contributed by atoms with Gasteiger partial charge in [0.25, 0.3) is 0 Å². The smallest absolute Gasteiger partial charge is 0.248 e. The van der Waals surface area contributed by atoms with Gasteiger partial charge in [0.1, 0.15) is 10.6 Å². The lowest BCUT2D eigenvalue weighted by molar-refractivity contribution is 0.266. The molecule has 1 aromatic heterocycles. The topological polar surface area (TPSA) is 75.4 Å². The van der Waals surface area contributed by atoms with Crippen molar-refractivity contribution in [2.75, 3.05) is 19.6 Å². The molecule has 2 heterocycles. The Kier molecular flexibility index (Phi) is 5.09.